The maximum absolute atomic E-state index is 9.79. The second-order valence-corrected chi connectivity index (χ2v) is 6.49. The summed E-state index contributed by atoms with van der Waals surface area (Å²) in [7, 11) is 0. The fourth-order valence-corrected chi connectivity index (χ4v) is 3.23. The molecule has 2 rings (SSSR count). The second kappa shape index (κ2) is 7.74. The van der Waals surface area contributed by atoms with Gasteiger partial charge in [0.25, 0.3) is 0 Å². The van der Waals surface area contributed by atoms with Crippen molar-refractivity contribution in [1.82, 2.24) is 10.2 Å². The number of aliphatic hydroxyl groups is 1. The van der Waals surface area contributed by atoms with Gasteiger partial charge in [0.05, 0.1) is 19.8 Å². The van der Waals surface area contributed by atoms with E-state index in [9.17, 15) is 5.11 Å². The Morgan fingerprint density at radius 3 is 2.75 bits per heavy atom. The summed E-state index contributed by atoms with van der Waals surface area (Å²) in [4.78, 5) is 2.57. The molecule has 4 heteroatoms. The fourth-order valence-electron chi connectivity index (χ4n) is 3.23. The average Bonchev–Trinajstić information content (AvgIpc) is 3.30. The van der Waals surface area contributed by atoms with Gasteiger partial charge in [0.2, 0.25) is 0 Å². The third kappa shape index (κ3) is 4.42. The van der Waals surface area contributed by atoms with Gasteiger partial charge in [-0.1, -0.05) is 13.8 Å². The van der Waals surface area contributed by atoms with Gasteiger partial charge in [-0.05, 0) is 45.1 Å². The molecular formula is C16H32N2O2. The molecule has 1 aliphatic heterocycles. The second-order valence-electron chi connectivity index (χ2n) is 6.49. The third-order valence-corrected chi connectivity index (χ3v) is 4.99. The van der Waals surface area contributed by atoms with E-state index in [0.29, 0.717) is 12.1 Å². The highest BCUT2D eigenvalue weighted by molar-refractivity contribution is 4.94. The summed E-state index contributed by atoms with van der Waals surface area (Å²) in [6.07, 6.45) is 6.97. The van der Waals surface area contributed by atoms with Gasteiger partial charge in [0, 0.05) is 24.2 Å². The molecule has 0 spiro atoms. The van der Waals surface area contributed by atoms with E-state index >= 15 is 0 Å². The van der Waals surface area contributed by atoms with Gasteiger partial charge in [-0.3, -0.25) is 4.90 Å². The number of hydrogen-bond donors (Lipinski definition) is 2. The number of nitrogens with one attached hydrogen (secondary N) is 1. The lowest BCUT2D eigenvalue weighted by Gasteiger charge is -2.37. The molecule has 1 aliphatic carbocycles. The number of ether oxygens (including phenoxy) is 1. The average molecular weight is 284 g/mol. The zero-order chi connectivity index (χ0) is 14.4. The van der Waals surface area contributed by atoms with Gasteiger partial charge in [-0.2, -0.15) is 0 Å². The molecule has 0 aromatic heterocycles. The van der Waals surface area contributed by atoms with Gasteiger partial charge in [-0.25, -0.2) is 0 Å². The molecule has 2 unspecified atom stereocenters. The maximum atomic E-state index is 9.79. The van der Waals surface area contributed by atoms with Crippen molar-refractivity contribution in [3.8, 4) is 0 Å². The first-order chi connectivity index (χ1) is 9.73. The van der Waals surface area contributed by atoms with Crippen molar-refractivity contribution in [1.29, 1.82) is 0 Å². The van der Waals surface area contributed by atoms with Gasteiger partial charge < -0.3 is 15.2 Å². The van der Waals surface area contributed by atoms with Crippen LogP contribution in [0.25, 0.3) is 0 Å². The van der Waals surface area contributed by atoms with E-state index in [-0.39, 0.29) is 12.1 Å². The zero-order valence-electron chi connectivity index (χ0n) is 13.2. The standard InChI is InChI=1S/C16H32N2O2/c1-3-15-12-20-11-10-18(15)9-5-8-16(4-2,13-19)17-14-6-7-14/h14-15,17,19H,3-13H2,1-2H3. The minimum Gasteiger partial charge on any atom is -0.394 e. The van der Waals surface area contributed by atoms with E-state index in [0.717, 1.165) is 45.6 Å². The molecule has 4 nitrogen and oxygen atoms in total. The predicted octanol–water partition coefficient (Wildman–Crippen LogP) is 1.77. The molecule has 0 aromatic carbocycles. The summed E-state index contributed by atoms with van der Waals surface area (Å²) in [6, 6.07) is 1.25. The monoisotopic (exact) mass is 284 g/mol. The van der Waals surface area contributed by atoms with Crippen LogP contribution in [0.15, 0.2) is 0 Å². The topological polar surface area (TPSA) is 44.7 Å². The van der Waals surface area contributed by atoms with Crippen molar-refractivity contribution < 1.29 is 9.84 Å². The van der Waals surface area contributed by atoms with E-state index in [1.54, 1.807) is 0 Å². The number of hydrogen-bond acceptors (Lipinski definition) is 4. The van der Waals surface area contributed by atoms with Crippen LogP contribution in [0.2, 0.25) is 0 Å². The molecule has 0 radical (unpaired) electrons. The van der Waals surface area contributed by atoms with Crippen LogP contribution in [-0.2, 0) is 4.74 Å². The fraction of sp³-hybridized carbons (Fsp3) is 1.00. The first kappa shape index (κ1) is 16.2. The van der Waals surface area contributed by atoms with Crippen LogP contribution in [-0.4, -0.2) is 60.5 Å². The molecule has 1 saturated carbocycles. The van der Waals surface area contributed by atoms with E-state index in [1.807, 2.05) is 0 Å². The number of nitrogens with zero attached hydrogens (tertiary/aromatic N) is 1. The van der Waals surface area contributed by atoms with E-state index < -0.39 is 0 Å². The highest BCUT2D eigenvalue weighted by Crippen LogP contribution is 2.27. The molecule has 20 heavy (non-hydrogen) atoms. The molecule has 2 atom stereocenters. The lowest BCUT2D eigenvalue weighted by atomic mass is 9.90. The van der Waals surface area contributed by atoms with Crippen LogP contribution < -0.4 is 5.32 Å². The van der Waals surface area contributed by atoms with Crippen molar-refractivity contribution in [2.24, 2.45) is 0 Å². The molecular weight excluding hydrogens is 252 g/mol. The Balaban J connectivity index is 1.76. The lowest BCUT2D eigenvalue weighted by Crippen LogP contribution is -2.50. The SMILES string of the molecule is CCC1COCCN1CCCC(CC)(CO)NC1CC1. The quantitative estimate of drug-likeness (QED) is 0.677. The smallest absolute Gasteiger partial charge is 0.0622 e. The Morgan fingerprint density at radius 1 is 1.35 bits per heavy atom. The molecule has 0 bridgehead atoms. The minimum atomic E-state index is -0.0465. The van der Waals surface area contributed by atoms with Gasteiger partial charge in [0.1, 0.15) is 0 Å². The van der Waals surface area contributed by atoms with Gasteiger partial charge >= 0.3 is 0 Å². The van der Waals surface area contributed by atoms with Crippen molar-refractivity contribution >= 4 is 0 Å². The van der Waals surface area contributed by atoms with Crippen molar-refractivity contribution in [2.75, 3.05) is 32.9 Å². The highest BCUT2D eigenvalue weighted by Gasteiger charge is 2.34. The Kier molecular flexibility index (Phi) is 6.27. The molecule has 2 fully saturated rings. The molecule has 0 aromatic rings. The van der Waals surface area contributed by atoms with E-state index in [2.05, 4.69) is 24.1 Å². The van der Waals surface area contributed by atoms with Crippen molar-refractivity contribution in [3.05, 3.63) is 0 Å². The number of rotatable bonds is 9. The highest BCUT2D eigenvalue weighted by atomic mass is 16.5. The molecule has 118 valence electrons. The van der Waals surface area contributed by atoms with Crippen LogP contribution in [0.4, 0.5) is 0 Å². The summed E-state index contributed by atoms with van der Waals surface area (Å²) in [5, 5.41) is 13.5. The van der Waals surface area contributed by atoms with Gasteiger partial charge in [0.15, 0.2) is 0 Å². The minimum absolute atomic E-state index is 0.0465. The Hall–Kier alpha value is -0.160. The normalized spacial score (nSPS) is 27.4. The van der Waals surface area contributed by atoms with E-state index in [1.165, 1.54) is 19.3 Å². The summed E-state index contributed by atoms with van der Waals surface area (Å²) >= 11 is 0. The summed E-state index contributed by atoms with van der Waals surface area (Å²) in [5.74, 6) is 0. The number of morpholine rings is 1. The maximum Gasteiger partial charge on any atom is 0.0622 e. The Bertz CT molecular complexity index is 278. The number of aliphatic hydroxyl groups excluding tert-OH is 1. The molecule has 1 saturated heterocycles. The van der Waals surface area contributed by atoms with Gasteiger partial charge in [-0.15, -0.1) is 0 Å². The van der Waals surface area contributed by atoms with Crippen molar-refractivity contribution in [2.45, 2.75) is 70.0 Å². The Morgan fingerprint density at radius 2 is 2.15 bits per heavy atom. The summed E-state index contributed by atoms with van der Waals surface area (Å²) in [5.41, 5.74) is -0.0465. The molecule has 0 amide bonds. The summed E-state index contributed by atoms with van der Waals surface area (Å²) < 4.78 is 5.56. The molecule has 1 heterocycles. The predicted molar refractivity (Wildman–Crippen MR) is 82.0 cm³/mol. The largest absolute Gasteiger partial charge is 0.394 e. The summed E-state index contributed by atoms with van der Waals surface area (Å²) in [6.45, 7) is 8.65. The Labute approximate surface area is 123 Å². The lowest BCUT2D eigenvalue weighted by molar-refractivity contribution is -0.0106. The van der Waals surface area contributed by atoms with E-state index in [4.69, 9.17) is 4.74 Å². The molecule has 2 aliphatic rings. The third-order valence-electron chi connectivity index (χ3n) is 4.99. The first-order valence-electron chi connectivity index (χ1n) is 8.43. The van der Waals surface area contributed by atoms with Crippen LogP contribution in [0, 0.1) is 0 Å². The van der Waals surface area contributed by atoms with Crippen LogP contribution >= 0.6 is 0 Å². The van der Waals surface area contributed by atoms with Crippen LogP contribution in [0.3, 0.4) is 0 Å². The zero-order valence-corrected chi connectivity index (χ0v) is 13.2. The molecule has 2 N–H and O–H groups in total. The van der Waals surface area contributed by atoms with Crippen LogP contribution in [0.5, 0.6) is 0 Å². The first-order valence-corrected chi connectivity index (χ1v) is 8.43. The van der Waals surface area contributed by atoms with Crippen molar-refractivity contribution in [3.63, 3.8) is 0 Å². The van der Waals surface area contributed by atoms with Crippen LogP contribution in [0.1, 0.15) is 52.4 Å².